The number of hydrogen-bond acceptors (Lipinski definition) is 3. The maximum absolute atomic E-state index is 11.2. The molecule has 0 bridgehead atoms. The van der Waals surface area contributed by atoms with Crippen molar-refractivity contribution in [3.63, 3.8) is 0 Å². The van der Waals surface area contributed by atoms with E-state index in [2.05, 4.69) is 54.6 Å². The smallest absolute Gasteiger partial charge is 0.123 e. The third kappa shape index (κ3) is 4.36. The molecule has 7 aromatic carbocycles. The van der Waals surface area contributed by atoms with Crippen LogP contribution in [0.25, 0.3) is 65.7 Å². The van der Waals surface area contributed by atoms with Crippen LogP contribution in [0.1, 0.15) is 38.8 Å². The minimum absolute atomic E-state index is 0.247. The van der Waals surface area contributed by atoms with Crippen LogP contribution in [-0.4, -0.2) is 15.3 Å². The van der Waals surface area contributed by atoms with Crippen molar-refractivity contribution >= 4 is 32.3 Å². The van der Waals surface area contributed by atoms with E-state index in [0.29, 0.717) is 0 Å². The van der Waals surface area contributed by atoms with Gasteiger partial charge in [-0.05, 0) is 111 Å². The van der Waals surface area contributed by atoms with Gasteiger partial charge < -0.3 is 15.3 Å². The summed E-state index contributed by atoms with van der Waals surface area (Å²) >= 11 is 0. The zero-order valence-corrected chi connectivity index (χ0v) is 24.8. The number of para-hydroxylation sites is 1. The Bertz CT molecular complexity index is 2080. The summed E-state index contributed by atoms with van der Waals surface area (Å²) in [6, 6.07) is 38.7. The largest absolute Gasteiger partial charge is 0.507 e. The number of aliphatic hydroxyl groups is 2. The van der Waals surface area contributed by atoms with Gasteiger partial charge in [0.1, 0.15) is 5.75 Å². The summed E-state index contributed by atoms with van der Waals surface area (Å²) in [5.74, 6) is 0.247. The zero-order chi connectivity index (χ0) is 30.1. The third-order valence-electron chi connectivity index (χ3n) is 8.73. The molecule has 0 aliphatic carbocycles. The first kappa shape index (κ1) is 27.2. The monoisotopic (exact) mass is 562 g/mol. The average Bonchev–Trinajstić information content (AvgIpc) is 2.99. The van der Waals surface area contributed by atoms with Crippen molar-refractivity contribution in [2.45, 2.75) is 38.9 Å². The molecule has 7 aromatic rings. The van der Waals surface area contributed by atoms with Gasteiger partial charge in [-0.25, -0.2) is 0 Å². The van der Waals surface area contributed by atoms with Crippen LogP contribution in [0.3, 0.4) is 0 Å². The van der Waals surface area contributed by atoms with Crippen molar-refractivity contribution in [1.29, 1.82) is 0 Å². The average molecular weight is 563 g/mol. The number of phenolic OH excluding ortho intramolecular Hbond substituents is 1. The molecule has 3 nitrogen and oxygen atoms in total. The quantitative estimate of drug-likeness (QED) is 0.183. The second kappa shape index (κ2) is 9.67. The second-order valence-electron chi connectivity index (χ2n) is 12.6. The molecule has 0 saturated carbocycles. The number of aromatic hydroxyl groups is 1. The molecular formula is C40H34O3. The van der Waals surface area contributed by atoms with Crippen LogP contribution in [0.5, 0.6) is 5.75 Å². The molecule has 212 valence electrons. The van der Waals surface area contributed by atoms with Crippen LogP contribution in [0, 0.1) is 0 Å². The summed E-state index contributed by atoms with van der Waals surface area (Å²) in [5.41, 5.74) is 5.34. The van der Waals surface area contributed by atoms with Gasteiger partial charge in [-0.1, -0.05) is 103 Å². The van der Waals surface area contributed by atoms with Gasteiger partial charge in [0.2, 0.25) is 0 Å². The van der Waals surface area contributed by atoms with Gasteiger partial charge in [0.05, 0.1) is 11.2 Å². The summed E-state index contributed by atoms with van der Waals surface area (Å²) in [4.78, 5) is 0. The standard InChI is InChI=1S/C40H34O3/c1-39(2,42)34-14-8-5-11-26(34)32-23-33(27-12-6-9-15-35(27)40(3,4)43)31-22-21-29-25(28-13-7-10-16-36(28)41)19-17-24-18-20-30(32)38(31)37(24)29/h5-23,41-43H,1-4H3. The summed E-state index contributed by atoms with van der Waals surface area (Å²) in [6.07, 6.45) is 0. The Balaban J connectivity index is 1.69. The topological polar surface area (TPSA) is 60.7 Å². The van der Waals surface area contributed by atoms with E-state index in [9.17, 15) is 15.3 Å². The fourth-order valence-corrected chi connectivity index (χ4v) is 6.78. The van der Waals surface area contributed by atoms with Gasteiger partial charge in [0.15, 0.2) is 0 Å². The van der Waals surface area contributed by atoms with E-state index in [0.717, 1.165) is 76.8 Å². The maximum atomic E-state index is 11.2. The summed E-state index contributed by atoms with van der Waals surface area (Å²) in [5, 5.41) is 39.9. The van der Waals surface area contributed by atoms with Crippen molar-refractivity contribution in [1.82, 2.24) is 0 Å². The lowest BCUT2D eigenvalue weighted by atomic mass is 9.80. The normalized spacial score (nSPS) is 12.5. The first-order valence-corrected chi connectivity index (χ1v) is 14.7. The lowest BCUT2D eigenvalue weighted by Gasteiger charge is -2.26. The zero-order valence-electron chi connectivity index (χ0n) is 24.8. The molecule has 0 atom stereocenters. The molecule has 0 spiro atoms. The highest BCUT2D eigenvalue weighted by molar-refractivity contribution is 6.30. The van der Waals surface area contributed by atoms with Gasteiger partial charge in [0, 0.05) is 5.56 Å². The molecule has 0 fully saturated rings. The lowest BCUT2D eigenvalue weighted by Crippen LogP contribution is -2.17. The Labute approximate surface area is 251 Å². The third-order valence-corrected chi connectivity index (χ3v) is 8.73. The minimum atomic E-state index is -1.05. The molecule has 0 aliphatic heterocycles. The van der Waals surface area contributed by atoms with Crippen molar-refractivity contribution < 1.29 is 15.3 Å². The second-order valence-corrected chi connectivity index (χ2v) is 12.6. The van der Waals surface area contributed by atoms with E-state index in [4.69, 9.17) is 0 Å². The fourth-order valence-electron chi connectivity index (χ4n) is 6.78. The summed E-state index contributed by atoms with van der Waals surface area (Å²) in [7, 11) is 0. The molecule has 0 heterocycles. The molecule has 7 rings (SSSR count). The predicted octanol–water partition coefficient (Wildman–Crippen LogP) is 9.75. The summed E-state index contributed by atoms with van der Waals surface area (Å²) in [6.45, 7) is 7.30. The van der Waals surface area contributed by atoms with Gasteiger partial charge in [-0.15, -0.1) is 0 Å². The molecule has 3 heteroatoms. The van der Waals surface area contributed by atoms with Crippen LogP contribution >= 0.6 is 0 Å². The SMILES string of the molecule is CC(C)(O)c1ccccc1-c1cc(-c2ccccc2C(C)(C)O)c2ccc3c(-c4ccccc4O)ccc4ccc1c2c43. The number of benzene rings is 7. The Morgan fingerprint density at radius 3 is 1.40 bits per heavy atom. The lowest BCUT2D eigenvalue weighted by molar-refractivity contribution is 0.0787. The highest BCUT2D eigenvalue weighted by Crippen LogP contribution is 2.48. The first-order valence-electron chi connectivity index (χ1n) is 14.7. The van der Waals surface area contributed by atoms with Crippen LogP contribution in [0.2, 0.25) is 0 Å². The van der Waals surface area contributed by atoms with Crippen LogP contribution in [0.15, 0.2) is 115 Å². The van der Waals surface area contributed by atoms with Gasteiger partial charge in [-0.2, -0.15) is 0 Å². The van der Waals surface area contributed by atoms with Crippen molar-refractivity contribution in [2.75, 3.05) is 0 Å². The molecule has 0 aromatic heterocycles. The molecular weight excluding hydrogens is 528 g/mol. The Morgan fingerprint density at radius 2 is 0.860 bits per heavy atom. The van der Waals surface area contributed by atoms with E-state index in [1.165, 1.54) is 0 Å². The number of phenols is 1. The van der Waals surface area contributed by atoms with Crippen LogP contribution < -0.4 is 0 Å². The Hall–Kier alpha value is -4.70. The molecule has 43 heavy (non-hydrogen) atoms. The maximum Gasteiger partial charge on any atom is 0.123 e. The van der Waals surface area contributed by atoms with Crippen molar-refractivity contribution in [3.8, 4) is 39.1 Å². The minimum Gasteiger partial charge on any atom is -0.507 e. The Kier molecular flexibility index (Phi) is 6.10. The van der Waals surface area contributed by atoms with Gasteiger partial charge >= 0.3 is 0 Å². The molecule has 0 unspecified atom stereocenters. The van der Waals surface area contributed by atoms with Crippen LogP contribution in [0.4, 0.5) is 0 Å². The molecule has 3 N–H and O–H groups in total. The van der Waals surface area contributed by atoms with E-state index in [1.807, 2.05) is 82.3 Å². The fraction of sp³-hybridized carbons (Fsp3) is 0.150. The molecule has 0 amide bonds. The van der Waals surface area contributed by atoms with E-state index in [1.54, 1.807) is 6.07 Å². The molecule has 0 radical (unpaired) electrons. The molecule has 0 saturated heterocycles. The van der Waals surface area contributed by atoms with E-state index in [-0.39, 0.29) is 5.75 Å². The summed E-state index contributed by atoms with van der Waals surface area (Å²) < 4.78 is 0. The van der Waals surface area contributed by atoms with Gasteiger partial charge in [-0.3, -0.25) is 0 Å². The van der Waals surface area contributed by atoms with Crippen molar-refractivity contribution in [3.05, 3.63) is 126 Å². The first-order chi connectivity index (χ1) is 20.5. The molecule has 0 aliphatic rings. The number of hydrogen-bond donors (Lipinski definition) is 3. The van der Waals surface area contributed by atoms with E-state index < -0.39 is 11.2 Å². The van der Waals surface area contributed by atoms with E-state index >= 15 is 0 Å². The Morgan fingerprint density at radius 1 is 0.419 bits per heavy atom. The van der Waals surface area contributed by atoms with Crippen LogP contribution in [-0.2, 0) is 11.2 Å². The number of rotatable bonds is 5. The highest BCUT2D eigenvalue weighted by atomic mass is 16.3. The predicted molar refractivity (Wildman–Crippen MR) is 179 cm³/mol. The van der Waals surface area contributed by atoms with Gasteiger partial charge in [0.25, 0.3) is 0 Å². The van der Waals surface area contributed by atoms with Crippen molar-refractivity contribution in [2.24, 2.45) is 0 Å². The highest BCUT2D eigenvalue weighted by Gasteiger charge is 2.26.